The van der Waals surface area contributed by atoms with E-state index in [9.17, 15) is 9.59 Å². The van der Waals surface area contributed by atoms with Gasteiger partial charge in [0.2, 0.25) is 5.69 Å². The molecule has 1 aliphatic carbocycles. The van der Waals surface area contributed by atoms with E-state index in [2.05, 4.69) is 31.3 Å². The maximum Gasteiger partial charge on any atom is 0.361 e. The monoisotopic (exact) mass is 444 g/mol. The van der Waals surface area contributed by atoms with Crippen molar-refractivity contribution in [1.82, 2.24) is 20.2 Å². The number of ether oxygens (including phenoxy) is 1. The smallest absolute Gasteiger partial charge is 0.361 e. The molecule has 2 aromatic heterocycles. The van der Waals surface area contributed by atoms with Crippen molar-refractivity contribution in [2.24, 2.45) is 0 Å². The summed E-state index contributed by atoms with van der Waals surface area (Å²) in [6.07, 6.45) is 4.96. The van der Waals surface area contributed by atoms with Gasteiger partial charge < -0.3 is 9.26 Å². The minimum Gasteiger partial charge on any atom is -0.461 e. The summed E-state index contributed by atoms with van der Waals surface area (Å²) in [5, 5.41) is 12.1. The van der Waals surface area contributed by atoms with Gasteiger partial charge in [-0.15, -0.1) is 0 Å². The second kappa shape index (κ2) is 7.31. The number of carbonyl (C=O) groups excluding carboxylic acids is 2. The van der Waals surface area contributed by atoms with E-state index in [0.29, 0.717) is 27.0 Å². The number of esters is 1. The van der Waals surface area contributed by atoms with E-state index in [0.717, 1.165) is 12.8 Å². The normalized spacial score (nSPS) is 13.5. The quantitative estimate of drug-likeness (QED) is 0.422. The third-order valence-electron chi connectivity index (χ3n) is 4.61. The number of carbonyl (C=O) groups is 2. The van der Waals surface area contributed by atoms with Gasteiger partial charge in [0.1, 0.15) is 11.3 Å². The van der Waals surface area contributed by atoms with E-state index in [-0.39, 0.29) is 29.6 Å². The van der Waals surface area contributed by atoms with Gasteiger partial charge in [0, 0.05) is 16.0 Å². The predicted molar refractivity (Wildman–Crippen MR) is 102 cm³/mol. The number of aromatic nitrogens is 4. The molecule has 8 nitrogen and oxygen atoms in total. The highest BCUT2D eigenvalue weighted by atomic mass is 79.9. The standard InChI is InChI=1S/C19H17BrN4O4/c1-3-27-19(26)16-14(18(28-23-16)11-4-5-11)17(25)12-6-7-13(15(20)10(12)2)24-21-8-9-22-24/h6-9,11H,3-5H2,1-2H3. The zero-order chi connectivity index (χ0) is 19.8. The molecule has 1 fully saturated rings. The van der Waals surface area contributed by atoms with E-state index >= 15 is 0 Å². The number of ketones is 1. The Kier molecular flexibility index (Phi) is 4.84. The summed E-state index contributed by atoms with van der Waals surface area (Å²) in [6, 6.07) is 3.44. The predicted octanol–water partition coefficient (Wildman–Crippen LogP) is 3.61. The molecule has 0 spiro atoms. The van der Waals surface area contributed by atoms with E-state index < -0.39 is 5.97 Å². The molecule has 4 rings (SSSR count). The van der Waals surface area contributed by atoms with Crippen molar-refractivity contribution < 1.29 is 18.8 Å². The molecule has 1 saturated carbocycles. The number of halogens is 1. The van der Waals surface area contributed by atoms with Crippen LogP contribution in [0.15, 0.2) is 33.5 Å². The molecule has 0 aliphatic heterocycles. The highest BCUT2D eigenvalue weighted by molar-refractivity contribution is 9.10. The second-order valence-electron chi connectivity index (χ2n) is 6.48. The second-order valence-corrected chi connectivity index (χ2v) is 7.28. The molecule has 1 aromatic carbocycles. The number of rotatable bonds is 6. The summed E-state index contributed by atoms with van der Waals surface area (Å²) in [5.74, 6) is -0.396. The number of benzene rings is 1. The van der Waals surface area contributed by atoms with Crippen molar-refractivity contribution >= 4 is 27.7 Å². The van der Waals surface area contributed by atoms with Gasteiger partial charge in [0.15, 0.2) is 11.5 Å². The first-order valence-electron chi connectivity index (χ1n) is 8.90. The Morgan fingerprint density at radius 3 is 2.64 bits per heavy atom. The Bertz CT molecular complexity index is 1050. The van der Waals surface area contributed by atoms with E-state index in [1.807, 2.05) is 6.92 Å². The molecule has 0 bridgehead atoms. The fourth-order valence-electron chi connectivity index (χ4n) is 3.03. The summed E-state index contributed by atoms with van der Waals surface area (Å²) < 4.78 is 11.1. The SMILES string of the molecule is CCOC(=O)c1noc(C2CC2)c1C(=O)c1ccc(-n2nccn2)c(Br)c1C. The zero-order valence-corrected chi connectivity index (χ0v) is 16.9. The maximum absolute atomic E-state index is 13.4. The van der Waals surface area contributed by atoms with Crippen LogP contribution in [0.2, 0.25) is 0 Å². The van der Waals surface area contributed by atoms with Gasteiger partial charge >= 0.3 is 5.97 Å². The van der Waals surface area contributed by atoms with Crippen LogP contribution in [-0.4, -0.2) is 38.5 Å². The third-order valence-corrected chi connectivity index (χ3v) is 5.61. The van der Waals surface area contributed by atoms with E-state index in [4.69, 9.17) is 9.26 Å². The Morgan fingerprint density at radius 1 is 1.29 bits per heavy atom. The first-order valence-corrected chi connectivity index (χ1v) is 9.69. The molecule has 2 heterocycles. The molecular formula is C19H17BrN4O4. The first kappa shape index (κ1) is 18.5. The molecule has 0 saturated heterocycles. The molecule has 3 aromatic rings. The van der Waals surface area contributed by atoms with Crippen molar-refractivity contribution in [2.45, 2.75) is 32.6 Å². The van der Waals surface area contributed by atoms with Crippen molar-refractivity contribution in [3.05, 3.63) is 57.1 Å². The summed E-state index contributed by atoms with van der Waals surface area (Å²) >= 11 is 3.53. The van der Waals surface area contributed by atoms with Crippen molar-refractivity contribution in [1.29, 1.82) is 0 Å². The van der Waals surface area contributed by atoms with Crippen LogP contribution in [0, 0.1) is 6.92 Å². The summed E-state index contributed by atoms with van der Waals surface area (Å²) in [5.41, 5.74) is 1.98. The summed E-state index contributed by atoms with van der Waals surface area (Å²) in [6.45, 7) is 3.71. The Labute approximate surface area is 169 Å². The van der Waals surface area contributed by atoms with Gasteiger partial charge in [-0.2, -0.15) is 15.0 Å². The van der Waals surface area contributed by atoms with Gasteiger partial charge in [0.05, 0.1) is 19.0 Å². The molecule has 0 amide bonds. The van der Waals surface area contributed by atoms with Crippen LogP contribution < -0.4 is 0 Å². The van der Waals surface area contributed by atoms with Crippen LogP contribution in [0.1, 0.15) is 63.4 Å². The largest absolute Gasteiger partial charge is 0.461 e. The molecule has 0 unspecified atom stereocenters. The Morgan fingerprint density at radius 2 is 2.00 bits per heavy atom. The molecule has 0 radical (unpaired) electrons. The number of nitrogens with zero attached hydrogens (tertiary/aromatic N) is 4. The minimum absolute atomic E-state index is 0.0675. The molecule has 144 valence electrons. The molecular weight excluding hydrogens is 428 g/mol. The lowest BCUT2D eigenvalue weighted by Crippen LogP contribution is -2.14. The highest BCUT2D eigenvalue weighted by Gasteiger charge is 2.38. The zero-order valence-electron chi connectivity index (χ0n) is 15.3. The number of hydrogen-bond acceptors (Lipinski definition) is 7. The summed E-state index contributed by atoms with van der Waals surface area (Å²) in [7, 11) is 0. The van der Waals surface area contributed by atoms with Crippen molar-refractivity contribution in [2.75, 3.05) is 6.61 Å². The third kappa shape index (κ3) is 3.15. The van der Waals surface area contributed by atoms with Gasteiger partial charge in [-0.1, -0.05) is 5.16 Å². The fraction of sp³-hybridized carbons (Fsp3) is 0.316. The highest BCUT2D eigenvalue weighted by Crippen LogP contribution is 2.43. The van der Waals surface area contributed by atoms with E-state index in [1.54, 1.807) is 31.5 Å². The molecule has 9 heteroatoms. The lowest BCUT2D eigenvalue weighted by Gasteiger charge is -2.11. The van der Waals surface area contributed by atoms with Gasteiger partial charge in [-0.05, 0) is 60.3 Å². The average molecular weight is 445 g/mol. The van der Waals surface area contributed by atoms with Gasteiger partial charge in [-0.3, -0.25) is 4.79 Å². The fourth-order valence-corrected chi connectivity index (χ4v) is 3.54. The Balaban J connectivity index is 1.79. The topological polar surface area (TPSA) is 100 Å². The van der Waals surface area contributed by atoms with Crippen LogP contribution in [0.25, 0.3) is 5.69 Å². The maximum atomic E-state index is 13.4. The lowest BCUT2D eigenvalue weighted by atomic mass is 9.96. The molecule has 0 N–H and O–H groups in total. The lowest BCUT2D eigenvalue weighted by molar-refractivity contribution is 0.0512. The molecule has 28 heavy (non-hydrogen) atoms. The molecule has 1 aliphatic rings. The Hall–Kier alpha value is -2.81. The minimum atomic E-state index is -0.657. The van der Waals surface area contributed by atoms with Gasteiger partial charge in [-0.25, -0.2) is 4.79 Å². The van der Waals surface area contributed by atoms with Crippen LogP contribution in [0.5, 0.6) is 0 Å². The average Bonchev–Trinajstić information content (AvgIpc) is 3.19. The molecule has 0 atom stereocenters. The van der Waals surface area contributed by atoms with Crippen LogP contribution >= 0.6 is 15.9 Å². The van der Waals surface area contributed by atoms with Crippen LogP contribution in [0.4, 0.5) is 0 Å². The van der Waals surface area contributed by atoms with Crippen LogP contribution in [-0.2, 0) is 4.74 Å². The summed E-state index contributed by atoms with van der Waals surface area (Å²) in [4.78, 5) is 27.1. The van der Waals surface area contributed by atoms with E-state index in [1.165, 1.54) is 4.80 Å². The van der Waals surface area contributed by atoms with Crippen LogP contribution in [0.3, 0.4) is 0 Å². The van der Waals surface area contributed by atoms with Gasteiger partial charge in [0.25, 0.3) is 0 Å². The van der Waals surface area contributed by atoms with Crippen molar-refractivity contribution in [3.8, 4) is 5.69 Å². The number of hydrogen-bond donors (Lipinski definition) is 0. The first-order chi connectivity index (χ1) is 13.5. The van der Waals surface area contributed by atoms with Crippen molar-refractivity contribution in [3.63, 3.8) is 0 Å².